The smallest absolute Gasteiger partial charge is 0.265 e. The highest BCUT2D eigenvalue weighted by Crippen LogP contribution is 2.29. The third-order valence-electron chi connectivity index (χ3n) is 2.49. The molecule has 0 bridgehead atoms. The van der Waals surface area contributed by atoms with Crippen molar-refractivity contribution in [3.63, 3.8) is 0 Å². The van der Waals surface area contributed by atoms with Crippen LogP contribution < -0.4 is 0 Å². The summed E-state index contributed by atoms with van der Waals surface area (Å²) in [4.78, 5) is 12.8. The van der Waals surface area contributed by atoms with E-state index in [9.17, 15) is 13.6 Å². The third-order valence-corrected chi connectivity index (χ3v) is 2.49. The highest BCUT2D eigenvalue weighted by atomic mass is 19.3. The van der Waals surface area contributed by atoms with Crippen LogP contribution in [0.25, 0.3) is 0 Å². The van der Waals surface area contributed by atoms with Crippen molar-refractivity contribution in [2.75, 3.05) is 13.1 Å². The number of hydrogen-bond donors (Lipinski definition) is 0. The van der Waals surface area contributed by atoms with E-state index in [2.05, 4.69) is 0 Å². The molecule has 0 aliphatic carbocycles. The van der Waals surface area contributed by atoms with Crippen LogP contribution >= 0.6 is 0 Å². The number of nitriles is 1. The predicted octanol–water partition coefficient (Wildman–Crippen LogP) is 1.79. The minimum Gasteiger partial charge on any atom is -0.335 e. The normalized spacial score (nSPS) is 20.9. The number of halogens is 2. The molecule has 0 saturated carbocycles. The highest BCUT2D eigenvalue weighted by Gasteiger charge is 2.41. The van der Waals surface area contributed by atoms with Gasteiger partial charge in [0.15, 0.2) is 0 Å². The van der Waals surface area contributed by atoms with Crippen LogP contribution in [-0.2, 0) is 4.79 Å². The lowest BCUT2D eigenvalue weighted by Gasteiger charge is -2.35. The topological polar surface area (TPSA) is 44.1 Å². The van der Waals surface area contributed by atoms with Gasteiger partial charge in [-0.15, -0.1) is 0 Å². The Bertz CT molecular complexity index is 307. The zero-order valence-corrected chi connectivity index (χ0v) is 8.89. The first-order valence-corrected chi connectivity index (χ1v) is 4.87. The van der Waals surface area contributed by atoms with Crippen molar-refractivity contribution >= 4 is 5.91 Å². The van der Waals surface area contributed by atoms with Gasteiger partial charge in [-0.1, -0.05) is 0 Å². The van der Waals surface area contributed by atoms with Crippen LogP contribution in [0.2, 0.25) is 0 Å². The van der Waals surface area contributed by atoms with Gasteiger partial charge in [-0.25, -0.2) is 8.78 Å². The van der Waals surface area contributed by atoms with E-state index in [0.717, 1.165) is 4.90 Å². The standard InChI is InChI=1S/C10H14F2N2O/c1-9(2,6-13)8(15)14-5-3-4-10(11,12)7-14/h3-5,7H2,1-2H3. The quantitative estimate of drug-likeness (QED) is 0.670. The molecule has 84 valence electrons. The number of carbonyl (C=O) groups is 1. The molecule has 15 heavy (non-hydrogen) atoms. The number of amides is 1. The average molecular weight is 216 g/mol. The molecule has 1 aliphatic heterocycles. The van der Waals surface area contributed by atoms with E-state index in [0.29, 0.717) is 13.0 Å². The Morgan fingerprint density at radius 3 is 2.60 bits per heavy atom. The van der Waals surface area contributed by atoms with Crippen LogP contribution in [0.3, 0.4) is 0 Å². The van der Waals surface area contributed by atoms with Crippen molar-refractivity contribution in [2.45, 2.75) is 32.6 Å². The van der Waals surface area contributed by atoms with Gasteiger partial charge in [-0.3, -0.25) is 4.79 Å². The van der Waals surface area contributed by atoms with Crippen LogP contribution in [0.4, 0.5) is 8.78 Å². The third kappa shape index (κ3) is 2.65. The number of alkyl halides is 2. The summed E-state index contributed by atoms with van der Waals surface area (Å²) in [6, 6.07) is 1.83. The fourth-order valence-electron chi connectivity index (χ4n) is 1.58. The minimum absolute atomic E-state index is 0.177. The number of hydrogen-bond acceptors (Lipinski definition) is 2. The van der Waals surface area contributed by atoms with Gasteiger partial charge in [0.1, 0.15) is 5.41 Å². The van der Waals surface area contributed by atoms with Crippen LogP contribution in [0.1, 0.15) is 26.7 Å². The van der Waals surface area contributed by atoms with E-state index in [4.69, 9.17) is 5.26 Å². The van der Waals surface area contributed by atoms with Gasteiger partial charge in [-0.2, -0.15) is 5.26 Å². The molecule has 1 rings (SSSR count). The van der Waals surface area contributed by atoms with Gasteiger partial charge in [-0.05, 0) is 20.3 Å². The van der Waals surface area contributed by atoms with Gasteiger partial charge < -0.3 is 4.90 Å². The minimum atomic E-state index is -2.81. The zero-order chi connectivity index (χ0) is 11.7. The molecule has 1 fully saturated rings. The molecule has 1 saturated heterocycles. The van der Waals surface area contributed by atoms with Crippen molar-refractivity contribution < 1.29 is 13.6 Å². The Hall–Kier alpha value is -1.18. The predicted molar refractivity (Wildman–Crippen MR) is 50.2 cm³/mol. The molecule has 0 atom stereocenters. The Balaban J connectivity index is 2.74. The molecule has 1 amide bonds. The van der Waals surface area contributed by atoms with E-state index in [1.807, 2.05) is 6.07 Å². The van der Waals surface area contributed by atoms with E-state index in [1.54, 1.807) is 0 Å². The maximum atomic E-state index is 13.0. The maximum Gasteiger partial charge on any atom is 0.265 e. The van der Waals surface area contributed by atoms with E-state index in [-0.39, 0.29) is 6.42 Å². The molecule has 5 heteroatoms. The summed E-state index contributed by atoms with van der Waals surface area (Å²) in [6.45, 7) is 2.65. The molecule has 0 spiro atoms. The number of carbonyl (C=O) groups excluding carboxylic acids is 1. The number of rotatable bonds is 1. The zero-order valence-electron chi connectivity index (χ0n) is 8.89. The van der Waals surface area contributed by atoms with Crippen LogP contribution in [0, 0.1) is 16.7 Å². The molecule has 0 aromatic carbocycles. The first kappa shape index (κ1) is 11.9. The number of nitrogens with zero attached hydrogens (tertiary/aromatic N) is 2. The van der Waals surface area contributed by atoms with Crippen LogP contribution in [0.15, 0.2) is 0 Å². The summed E-state index contributed by atoms with van der Waals surface area (Å²) in [5.41, 5.74) is -1.21. The number of piperidine rings is 1. The van der Waals surface area contributed by atoms with E-state index >= 15 is 0 Å². The van der Waals surface area contributed by atoms with Gasteiger partial charge in [0.25, 0.3) is 5.92 Å². The molecular formula is C10H14F2N2O. The summed E-state index contributed by atoms with van der Waals surface area (Å²) in [5.74, 6) is -3.32. The van der Waals surface area contributed by atoms with Gasteiger partial charge in [0, 0.05) is 13.0 Å². The van der Waals surface area contributed by atoms with Crippen molar-refractivity contribution in [1.82, 2.24) is 4.90 Å². The molecule has 0 N–H and O–H groups in total. The molecule has 1 aliphatic rings. The fourth-order valence-corrected chi connectivity index (χ4v) is 1.58. The second kappa shape index (κ2) is 3.76. The molecule has 0 aromatic heterocycles. The summed E-state index contributed by atoms with van der Waals surface area (Å²) in [6.07, 6.45) is 0.115. The summed E-state index contributed by atoms with van der Waals surface area (Å²) >= 11 is 0. The van der Waals surface area contributed by atoms with Gasteiger partial charge in [0.05, 0.1) is 12.6 Å². The van der Waals surface area contributed by atoms with Crippen LogP contribution in [0.5, 0.6) is 0 Å². The lowest BCUT2D eigenvalue weighted by atomic mass is 9.92. The van der Waals surface area contributed by atoms with Gasteiger partial charge in [0.2, 0.25) is 5.91 Å². The van der Waals surface area contributed by atoms with Crippen molar-refractivity contribution in [2.24, 2.45) is 5.41 Å². The first-order chi connectivity index (χ1) is 6.78. The SMILES string of the molecule is CC(C)(C#N)C(=O)N1CCCC(F)(F)C1. The van der Waals surface area contributed by atoms with Crippen molar-refractivity contribution in [3.05, 3.63) is 0 Å². The molecule has 0 unspecified atom stereocenters. The van der Waals surface area contributed by atoms with Crippen molar-refractivity contribution in [1.29, 1.82) is 5.26 Å². The van der Waals surface area contributed by atoms with E-state index in [1.165, 1.54) is 13.8 Å². The first-order valence-electron chi connectivity index (χ1n) is 4.87. The fraction of sp³-hybridized carbons (Fsp3) is 0.800. The average Bonchev–Trinajstić information content (AvgIpc) is 2.15. The molecule has 0 aromatic rings. The van der Waals surface area contributed by atoms with Gasteiger partial charge >= 0.3 is 0 Å². The lowest BCUT2D eigenvalue weighted by Crippen LogP contribution is -2.49. The largest absolute Gasteiger partial charge is 0.335 e. The highest BCUT2D eigenvalue weighted by molar-refractivity contribution is 5.84. The molecular weight excluding hydrogens is 202 g/mol. The Morgan fingerprint density at radius 2 is 2.13 bits per heavy atom. The Labute approximate surface area is 87.7 Å². The lowest BCUT2D eigenvalue weighted by molar-refractivity contribution is -0.147. The summed E-state index contributed by atoms with van der Waals surface area (Å²) in [5, 5.41) is 8.74. The van der Waals surface area contributed by atoms with Crippen molar-refractivity contribution in [3.8, 4) is 6.07 Å². The second-order valence-electron chi connectivity index (χ2n) is 4.42. The van der Waals surface area contributed by atoms with Crippen LogP contribution in [-0.4, -0.2) is 29.8 Å². The molecule has 3 nitrogen and oxygen atoms in total. The molecule has 0 radical (unpaired) electrons. The maximum absolute atomic E-state index is 13.0. The Morgan fingerprint density at radius 1 is 1.53 bits per heavy atom. The summed E-state index contributed by atoms with van der Waals surface area (Å²) < 4.78 is 26.1. The monoisotopic (exact) mass is 216 g/mol. The summed E-state index contributed by atoms with van der Waals surface area (Å²) in [7, 11) is 0. The Kier molecular flexibility index (Phi) is 2.98. The molecule has 1 heterocycles. The van der Waals surface area contributed by atoms with E-state index < -0.39 is 23.8 Å². The second-order valence-corrected chi connectivity index (χ2v) is 4.42. The number of likely N-dealkylation sites (tertiary alicyclic amines) is 1.